The number of alkyl halides is 3. The molecule has 0 N–H and O–H groups in total. The minimum atomic E-state index is -4.37. The first-order valence-corrected chi connectivity index (χ1v) is 3.59. The molecule has 1 aromatic rings. The van der Waals surface area contributed by atoms with E-state index in [2.05, 4.69) is 0 Å². The van der Waals surface area contributed by atoms with E-state index in [-0.39, 0.29) is 5.56 Å². The van der Waals surface area contributed by atoms with Gasteiger partial charge in [-0.1, -0.05) is 12.0 Å². The van der Waals surface area contributed by atoms with Crippen LogP contribution in [0.2, 0.25) is 0 Å². The van der Waals surface area contributed by atoms with E-state index in [9.17, 15) is 13.2 Å². The van der Waals surface area contributed by atoms with Crippen LogP contribution >= 0.6 is 0 Å². The van der Waals surface area contributed by atoms with Gasteiger partial charge in [0.1, 0.15) is 0 Å². The normalized spacial score (nSPS) is 11.0. The van der Waals surface area contributed by atoms with Crippen molar-refractivity contribution in [2.45, 2.75) is 13.1 Å². The van der Waals surface area contributed by atoms with Crippen LogP contribution in [0.5, 0.6) is 0 Å². The molecule has 0 spiro atoms. The highest BCUT2D eigenvalue weighted by atomic mass is 19.4. The van der Waals surface area contributed by atoms with Crippen molar-refractivity contribution >= 4 is 0 Å². The van der Waals surface area contributed by atoms with Gasteiger partial charge in [-0.3, -0.25) is 0 Å². The lowest BCUT2D eigenvalue weighted by atomic mass is 10.0. The summed E-state index contributed by atoms with van der Waals surface area (Å²) in [4.78, 5) is 0. The molecule has 0 aliphatic rings. The number of hydrogen-bond donors (Lipinski definition) is 0. The zero-order valence-corrected chi connectivity index (χ0v) is 6.94. The fraction of sp³-hybridized carbons (Fsp3) is 0.200. The average Bonchev–Trinajstić information content (AvgIpc) is 2.01. The molecule has 1 rings (SSSR count). The van der Waals surface area contributed by atoms with Crippen LogP contribution in [0, 0.1) is 19.3 Å². The van der Waals surface area contributed by atoms with Crippen LogP contribution in [-0.2, 0) is 6.18 Å². The third-order valence-electron chi connectivity index (χ3n) is 1.64. The monoisotopic (exact) mass is 184 g/mol. The van der Waals surface area contributed by atoms with Crippen LogP contribution in [0.1, 0.15) is 16.7 Å². The Hall–Kier alpha value is -1.43. The zero-order chi connectivity index (χ0) is 10.1. The second kappa shape index (κ2) is 3.14. The van der Waals surface area contributed by atoms with Gasteiger partial charge >= 0.3 is 6.18 Å². The number of aryl methyl sites for hydroxylation is 1. The highest BCUT2D eigenvalue weighted by Crippen LogP contribution is 2.31. The number of hydrogen-bond acceptors (Lipinski definition) is 0. The molecule has 1 aromatic carbocycles. The maximum Gasteiger partial charge on any atom is 0.417 e. The third-order valence-corrected chi connectivity index (χ3v) is 1.64. The third kappa shape index (κ3) is 2.03. The lowest BCUT2D eigenvalue weighted by Crippen LogP contribution is -2.07. The van der Waals surface area contributed by atoms with Crippen LogP contribution in [0.25, 0.3) is 0 Å². The van der Waals surface area contributed by atoms with Crippen molar-refractivity contribution in [3.63, 3.8) is 0 Å². The van der Waals surface area contributed by atoms with Crippen molar-refractivity contribution in [3.8, 4) is 12.3 Å². The molecule has 68 valence electrons. The van der Waals surface area contributed by atoms with Gasteiger partial charge in [0.2, 0.25) is 0 Å². The van der Waals surface area contributed by atoms with Crippen LogP contribution in [0.15, 0.2) is 18.2 Å². The minimum absolute atomic E-state index is 0.104. The topological polar surface area (TPSA) is 0 Å². The van der Waals surface area contributed by atoms with Crippen LogP contribution in [0.4, 0.5) is 13.2 Å². The Bertz CT molecular complexity index is 355. The van der Waals surface area contributed by atoms with Crippen LogP contribution < -0.4 is 0 Å². The Morgan fingerprint density at radius 2 is 1.92 bits per heavy atom. The first-order chi connectivity index (χ1) is 5.95. The molecule has 0 aliphatic heterocycles. The summed E-state index contributed by atoms with van der Waals surface area (Å²) in [6.45, 7) is 1.70. The summed E-state index contributed by atoms with van der Waals surface area (Å²) in [6, 6.07) is 3.75. The Morgan fingerprint density at radius 1 is 1.31 bits per heavy atom. The summed E-state index contributed by atoms with van der Waals surface area (Å²) in [5, 5.41) is 0. The van der Waals surface area contributed by atoms with E-state index in [1.54, 1.807) is 6.92 Å². The molecule has 0 bridgehead atoms. The second-order valence-electron chi connectivity index (χ2n) is 2.69. The van der Waals surface area contributed by atoms with Gasteiger partial charge in [-0.15, -0.1) is 6.42 Å². The number of halogens is 3. The standard InChI is InChI=1S/C10H7F3/c1-3-8-6-7(2)4-5-9(8)10(11,12)13/h1,4-6H,2H3. The Balaban J connectivity index is 3.32. The maximum absolute atomic E-state index is 12.3. The van der Waals surface area contributed by atoms with Crippen molar-refractivity contribution in [2.75, 3.05) is 0 Å². The van der Waals surface area contributed by atoms with Crippen molar-refractivity contribution < 1.29 is 13.2 Å². The van der Waals surface area contributed by atoms with Gasteiger partial charge in [0.15, 0.2) is 0 Å². The molecule has 0 fully saturated rings. The van der Waals surface area contributed by atoms with Crippen LogP contribution in [0.3, 0.4) is 0 Å². The molecule has 0 aliphatic carbocycles. The van der Waals surface area contributed by atoms with Gasteiger partial charge in [-0.25, -0.2) is 0 Å². The molecular weight excluding hydrogens is 177 g/mol. The predicted octanol–water partition coefficient (Wildman–Crippen LogP) is 3.00. The lowest BCUT2D eigenvalue weighted by Gasteiger charge is -2.09. The fourth-order valence-electron chi connectivity index (χ4n) is 1.02. The van der Waals surface area contributed by atoms with E-state index in [4.69, 9.17) is 6.42 Å². The summed E-state index contributed by atoms with van der Waals surface area (Å²) in [5.74, 6) is 2.02. The number of terminal acetylenes is 1. The Morgan fingerprint density at radius 3 is 2.38 bits per heavy atom. The maximum atomic E-state index is 12.3. The van der Waals surface area contributed by atoms with E-state index in [1.807, 2.05) is 5.92 Å². The zero-order valence-electron chi connectivity index (χ0n) is 6.94. The molecule has 0 aromatic heterocycles. The van der Waals surface area contributed by atoms with Gasteiger partial charge in [0.25, 0.3) is 0 Å². The molecule has 13 heavy (non-hydrogen) atoms. The summed E-state index contributed by atoms with van der Waals surface area (Å²) in [6.07, 6.45) is 0.601. The molecule has 0 heterocycles. The molecule has 0 nitrogen and oxygen atoms in total. The van der Waals surface area contributed by atoms with E-state index < -0.39 is 11.7 Å². The van der Waals surface area contributed by atoms with Crippen molar-refractivity contribution in [2.24, 2.45) is 0 Å². The fourth-order valence-corrected chi connectivity index (χ4v) is 1.02. The number of rotatable bonds is 0. The molecule has 0 unspecified atom stereocenters. The molecule has 0 saturated carbocycles. The van der Waals surface area contributed by atoms with Gasteiger partial charge < -0.3 is 0 Å². The van der Waals surface area contributed by atoms with Gasteiger partial charge in [0, 0.05) is 5.56 Å². The van der Waals surface area contributed by atoms with E-state index in [0.29, 0.717) is 0 Å². The second-order valence-corrected chi connectivity index (χ2v) is 2.69. The molecular formula is C10H7F3. The molecule has 3 heteroatoms. The highest BCUT2D eigenvalue weighted by molar-refractivity contribution is 5.43. The average molecular weight is 184 g/mol. The first kappa shape index (κ1) is 9.66. The summed E-state index contributed by atoms with van der Waals surface area (Å²) in [7, 11) is 0. The van der Waals surface area contributed by atoms with E-state index >= 15 is 0 Å². The first-order valence-electron chi connectivity index (χ1n) is 3.59. The lowest BCUT2D eigenvalue weighted by molar-refractivity contribution is -0.137. The van der Waals surface area contributed by atoms with Crippen LogP contribution in [-0.4, -0.2) is 0 Å². The molecule has 0 radical (unpaired) electrons. The summed E-state index contributed by atoms with van der Waals surface area (Å²) < 4.78 is 36.8. The number of benzene rings is 1. The molecule has 0 amide bonds. The van der Waals surface area contributed by atoms with Gasteiger partial charge in [-0.2, -0.15) is 13.2 Å². The largest absolute Gasteiger partial charge is 0.417 e. The van der Waals surface area contributed by atoms with E-state index in [0.717, 1.165) is 11.6 Å². The summed E-state index contributed by atoms with van der Waals surface area (Å²) >= 11 is 0. The smallest absolute Gasteiger partial charge is 0.166 e. The summed E-state index contributed by atoms with van der Waals surface area (Å²) in [5.41, 5.74) is -0.131. The van der Waals surface area contributed by atoms with Crippen molar-refractivity contribution in [1.82, 2.24) is 0 Å². The quantitative estimate of drug-likeness (QED) is 0.544. The molecule has 0 atom stereocenters. The van der Waals surface area contributed by atoms with Crippen molar-refractivity contribution in [3.05, 3.63) is 34.9 Å². The Kier molecular flexibility index (Phi) is 2.33. The van der Waals surface area contributed by atoms with Crippen molar-refractivity contribution in [1.29, 1.82) is 0 Å². The minimum Gasteiger partial charge on any atom is -0.166 e. The Labute approximate surface area is 74.4 Å². The van der Waals surface area contributed by atoms with E-state index in [1.165, 1.54) is 12.1 Å². The van der Waals surface area contributed by atoms with Gasteiger partial charge in [-0.05, 0) is 24.6 Å². The van der Waals surface area contributed by atoms with Gasteiger partial charge in [0.05, 0.1) is 5.56 Å². The molecule has 0 saturated heterocycles. The SMILES string of the molecule is C#Cc1cc(C)ccc1C(F)(F)F. The highest BCUT2D eigenvalue weighted by Gasteiger charge is 2.32. The predicted molar refractivity (Wildman–Crippen MR) is 44.1 cm³/mol.